The molecule has 0 aliphatic heterocycles. The van der Waals surface area contributed by atoms with Gasteiger partial charge in [0.1, 0.15) is 0 Å². The molecule has 0 amide bonds. The third kappa shape index (κ3) is 4.73. The van der Waals surface area contributed by atoms with Gasteiger partial charge in [0, 0.05) is 65.1 Å². The van der Waals surface area contributed by atoms with Crippen LogP contribution in [0.3, 0.4) is 0 Å². The Morgan fingerprint density at radius 1 is 0.250 bits per heavy atom. The summed E-state index contributed by atoms with van der Waals surface area (Å²) in [5.74, 6) is 0. The second kappa shape index (κ2) is 12.4. The van der Waals surface area contributed by atoms with Crippen LogP contribution >= 0.6 is 22.7 Å². The van der Waals surface area contributed by atoms with Crippen molar-refractivity contribution in [3.63, 3.8) is 0 Å². The van der Waals surface area contributed by atoms with Gasteiger partial charge in [0.2, 0.25) is 0 Å². The van der Waals surface area contributed by atoms with E-state index in [1.165, 1.54) is 117 Å². The van der Waals surface area contributed by atoms with Crippen molar-refractivity contribution in [2.45, 2.75) is 0 Å². The van der Waals surface area contributed by atoms with Gasteiger partial charge in [0.15, 0.2) is 0 Å². The lowest BCUT2D eigenvalue weighted by Gasteiger charge is -2.14. The molecule has 12 aromatic rings. The van der Waals surface area contributed by atoms with E-state index in [0.717, 1.165) is 0 Å². The highest BCUT2D eigenvalue weighted by atomic mass is 32.1. The zero-order valence-corrected chi connectivity index (χ0v) is 31.7. The first kappa shape index (κ1) is 31.6. The second-order valence-corrected chi connectivity index (χ2v) is 16.5. The van der Waals surface area contributed by atoms with Crippen molar-refractivity contribution in [1.82, 2.24) is 9.97 Å². The minimum Gasteiger partial charge on any atom is -0.265 e. The van der Waals surface area contributed by atoms with Gasteiger partial charge in [-0.3, -0.25) is 9.97 Å². The van der Waals surface area contributed by atoms with Gasteiger partial charge in [-0.05, 0) is 113 Å². The molecular weight excluding hydrogens is 717 g/mol. The summed E-state index contributed by atoms with van der Waals surface area (Å²) in [5.41, 5.74) is 9.93. The van der Waals surface area contributed by atoms with Crippen molar-refractivity contribution in [3.05, 3.63) is 183 Å². The molecule has 4 aromatic heterocycles. The number of thiophene rings is 2. The maximum atomic E-state index is 4.26. The van der Waals surface area contributed by atoms with Crippen LogP contribution in [-0.2, 0) is 0 Å². The van der Waals surface area contributed by atoms with Gasteiger partial charge in [0.05, 0.1) is 0 Å². The summed E-state index contributed by atoms with van der Waals surface area (Å²) >= 11 is 3.79. The molecule has 0 atom stereocenters. The Kier molecular flexibility index (Phi) is 7.00. The highest BCUT2D eigenvalue weighted by Crippen LogP contribution is 2.47. The fourth-order valence-electron chi connectivity index (χ4n) is 8.90. The molecule has 260 valence electrons. The SMILES string of the molecule is c1cc(-c2ccncc2)c2sc3c(-c4ccc5c6ccc(-c7cccc8c7sc7c(-c9ccncc9)cccc78)cc6c6ccccc6c5c4)cccc3c2c1. The molecule has 0 aliphatic carbocycles. The zero-order valence-electron chi connectivity index (χ0n) is 30.0. The normalized spacial score (nSPS) is 11.9. The minimum absolute atomic E-state index is 1.20. The predicted octanol–water partition coefficient (Wildman–Crippen LogP) is 15.3. The van der Waals surface area contributed by atoms with E-state index in [1.54, 1.807) is 0 Å². The van der Waals surface area contributed by atoms with E-state index in [2.05, 4.69) is 168 Å². The van der Waals surface area contributed by atoms with Crippen LogP contribution < -0.4 is 0 Å². The maximum absolute atomic E-state index is 4.26. The number of nitrogens with zero attached hydrogens (tertiary/aromatic N) is 2. The van der Waals surface area contributed by atoms with Gasteiger partial charge in [0.25, 0.3) is 0 Å². The van der Waals surface area contributed by atoms with Crippen molar-refractivity contribution in [2.24, 2.45) is 0 Å². The molecule has 12 rings (SSSR count). The maximum Gasteiger partial charge on any atom is 0.0434 e. The van der Waals surface area contributed by atoms with Gasteiger partial charge in [-0.2, -0.15) is 0 Å². The minimum atomic E-state index is 1.20. The van der Waals surface area contributed by atoms with Crippen LogP contribution in [0.2, 0.25) is 0 Å². The van der Waals surface area contributed by atoms with E-state index >= 15 is 0 Å². The monoisotopic (exact) mass is 746 g/mol. The van der Waals surface area contributed by atoms with E-state index in [4.69, 9.17) is 0 Å². The Bertz CT molecular complexity index is 3270. The number of fused-ring (bicyclic) bond motifs is 12. The molecule has 0 spiro atoms. The van der Waals surface area contributed by atoms with E-state index in [0.29, 0.717) is 0 Å². The highest BCUT2D eigenvalue weighted by molar-refractivity contribution is 7.27. The lowest BCUT2D eigenvalue weighted by Crippen LogP contribution is -1.87. The molecule has 4 heteroatoms. The fourth-order valence-corrected chi connectivity index (χ4v) is 11.6. The second-order valence-electron chi connectivity index (χ2n) is 14.5. The van der Waals surface area contributed by atoms with E-state index in [9.17, 15) is 0 Å². The number of hydrogen-bond donors (Lipinski definition) is 0. The molecule has 0 fully saturated rings. The summed E-state index contributed by atoms with van der Waals surface area (Å²) in [6.07, 6.45) is 7.51. The predicted molar refractivity (Wildman–Crippen MR) is 242 cm³/mol. The Hall–Kier alpha value is -6.72. The first-order chi connectivity index (χ1) is 27.8. The van der Waals surface area contributed by atoms with E-state index in [-0.39, 0.29) is 0 Å². The van der Waals surface area contributed by atoms with Gasteiger partial charge < -0.3 is 0 Å². The molecule has 2 nitrogen and oxygen atoms in total. The van der Waals surface area contributed by atoms with Gasteiger partial charge in [-0.15, -0.1) is 22.7 Å². The van der Waals surface area contributed by atoms with Crippen LogP contribution in [-0.4, -0.2) is 9.97 Å². The van der Waals surface area contributed by atoms with Crippen molar-refractivity contribution < 1.29 is 0 Å². The number of benzene rings is 8. The first-order valence-electron chi connectivity index (χ1n) is 18.9. The first-order valence-corrected chi connectivity index (χ1v) is 20.5. The quantitative estimate of drug-likeness (QED) is 0.168. The average Bonchev–Trinajstić information content (AvgIpc) is 3.86. The highest BCUT2D eigenvalue weighted by Gasteiger charge is 2.18. The Balaban J connectivity index is 1.04. The van der Waals surface area contributed by atoms with Crippen LogP contribution in [0, 0.1) is 0 Å². The topological polar surface area (TPSA) is 25.8 Å². The standard InChI is InChI=1S/C52H30N2S2/c1-2-8-40-39(7-1)47-29-33(37-11-5-15-45-43-13-3-9-35(49(43)55-51(37)45)31-21-25-53-26-22-31)17-19-41(47)42-20-18-34(30-48(40)42)38-12-6-16-46-44-14-4-10-36(50(44)56-52(38)46)32-23-27-54-28-24-32/h1-30H. The number of hydrogen-bond acceptors (Lipinski definition) is 4. The summed E-state index contributed by atoms with van der Waals surface area (Å²) < 4.78 is 5.27. The average molecular weight is 747 g/mol. The molecule has 0 unspecified atom stereocenters. The van der Waals surface area contributed by atoms with Crippen molar-refractivity contribution in [1.29, 1.82) is 0 Å². The molecule has 0 saturated carbocycles. The summed E-state index contributed by atoms with van der Waals surface area (Å²) in [7, 11) is 0. The van der Waals surface area contributed by atoms with Crippen molar-refractivity contribution >= 4 is 95.3 Å². The summed E-state index contributed by atoms with van der Waals surface area (Å²) in [6, 6.07) is 58.4. The molecule has 0 aliphatic rings. The van der Waals surface area contributed by atoms with Crippen LogP contribution in [0.25, 0.3) is 117 Å². The van der Waals surface area contributed by atoms with Gasteiger partial charge in [-0.1, -0.05) is 121 Å². The zero-order chi connectivity index (χ0) is 36.7. The Labute approximate surface area is 330 Å². The molecule has 0 saturated heterocycles. The smallest absolute Gasteiger partial charge is 0.0434 e. The lowest BCUT2D eigenvalue weighted by molar-refractivity contribution is 1.33. The van der Waals surface area contributed by atoms with Gasteiger partial charge in [-0.25, -0.2) is 0 Å². The third-order valence-corrected chi connectivity index (χ3v) is 14.1. The molecule has 56 heavy (non-hydrogen) atoms. The number of aromatic nitrogens is 2. The van der Waals surface area contributed by atoms with Crippen LogP contribution in [0.1, 0.15) is 0 Å². The van der Waals surface area contributed by atoms with Crippen LogP contribution in [0.15, 0.2) is 183 Å². The molecule has 0 N–H and O–H groups in total. The van der Waals surface area contributed by atoms with Crippen molar-refractivity contribution in [2.75, 3.05) is 0 Å². The Morgan fingerprint density at radius 3 is 0.946 bits per heavy atom. The largest absolute Gasteiger partial charge is 0.265 e. The number of pyridine rings is 2. The van der Waals surface area contributed by atoms with Crippen LogP contribution in [0.5, 0.6) is 0 Å². The molecule has 0 radical (unpaired) electrons. The van der Waals surface area contributed by atoms with Crippen molar-refractivity contribution in [3.8, 4) is 44.5 Å². The van der Waals surface area contributed by atoms with E-state index in [1.807, 2.05) is 47.5 Å². The molecule has 4 heterocycles. The summed E-state index contributed by atoms with van der Waals surface area (Å²) in [5, 5.41) is 12.9. The van der Waals surface area contributed by atoms with E-state index < -0.39 is 0 Å². The van der Waals surface area contributed by atoms with Crippen LogP contribution in [0.4, 0.5) is 0 Å². The van der Waals surface area contributed by atoms with Gasteiger partial charge >= 0.3 is 0 Å². The Morgan fingerprint density at radius 2 is 0.571 bits per heavy atom. The lowest BCUT2D eigenvalue weighted by atomic mass is 9.90. The molecule has 8 aromatic carbocycles. The fraction of sp³-hybridized carbons (Fsp3) is 0. The molecule has 0 bridgehead atoms. The molecular formula is C52H30N2S2. The summed E-state index contributed by atoms with van der Waals surface area (Å²) in [4.78, 5) is 8.53. The number of rotatable bonds is 4. The third-order valence-electron chi connectivity index (χ3n) is 11.5. The summed E-state index contributed by atoms with van der Waals surface area (Å²) in [6.45, 7) is 0.